The van der Waals surface area contributed by atoms with Crippen molar-refractivity contribution in [2.45, 2.75) is 13.0 Å². The Bertz CT molecular complexity index is 1530. The van der Waals surface area contributed by atoms with E-state index in [9.17, 15) is 9.59 Å². The summed E-state index contributed by atoms with van der Waals surface area (Å²) in [6, 6.07) is 17.9. The van der Waals surface area contributed by atoms with Crippen LogP contribution in [0.3, 0.4) is 0 Å². The minimum absolute atomic E-state index is 0.208. The van der Waals surface area contributed by atoms with Crippen molar-refractivity contribution in [1.82, 2.24) is 9.36 Å². The van der Waals surface area contributed by atoms with Crippen LogP contribution in [-0.4, -0.2) is 43.7 Å². The van der Waals surface area contributed by atoms with Crippen LogP contribution in [0.1, 0.15) is 11.1 Å². The van der Waals surface area contributed by atoms with Gasteiger partial charge in [0.15, 0.2) is 23.0 Å². The van der Waals surface area contributed by atoms with Crippen molar-refractivity contribution < 1.29 is 28.5 Å². The number of anilines is 1. The molecule has 4 aromatic rings. The van der Waals surface area contributed by atoms with E-state index in [1.165, 1.54) is 30.7 Å². The monoisotopic (exact) mass is 517 g/mol. The van der Waals surface area contributed by atoms with Gasteiger partial charge in [0, 0.05) is 29.8 Å². The number of benzene rings is 3. The van der Waals surface area contributed by atoms with Crippen LogP contribution in [0.2, 0.25) is 0 Å². The molecule has 0 radical (unpaired) electrons. The van der Waals surface area contributed by atoms with E-state index in [-0.39, 0.29) is 18.0 Å². The second kappa shape index (κ2) is 10.3. The molecule has 10 heteroatoms. The summed E-state index contributed by atoms with van der Waals surface area (Å²) < 4.78 is 30.9. The molecule has 1 aromatic heterocycles. The summed E-state index contributed by atoms with van der Waals surface area (Å²) in [5.74, 6) is 2.16. The smallest absolute Gasteiger partial charge is 0.278 e. The molecule has 38 heavy (non-hydrogen) atoms. The Kier molecular flexibility index (Phi) is 6.69. The quantitative estimate of drug-likeness (QED) is 0.332. The van der Waals surface area contributed by atoms with Gasteiger partial charge in [-0.1, -0.05) is 30.3 Å². The lowest BCUT2D eigenvalue weighted by molar-refractivity contribution is -0.117. The second-order valence-corrected chi connectivity index (χ2v) is 8.48. The zero-order valence-corrected chi connectivity index (χ0v) is 21.4. The first kappa shape index (κ1) is 24.8. The number of rotatable bonds is 8. The van der Waals surface area contributed by atoms with Crippen molar-refractivity contribution >= 4 is 11.6 Å². The molecule has 0 bridgehead atoms. The van der Waals surface area contributed by atoms with E-state index in [4.69, 9.17) is 23.7 Å². The highest BCUT2D eigenvalue weighted by molar-refractivity contribution is 5.91. The van der Waals surface area contributed by atoms with Crippen LogP contribution >= 0.6 is 0 Å². The maximum Gasteiger partial charge on any atom is 0.278 e. The number of amides is 1. The SMILES string of the molecule is COc1cccc2c1Oc1c(c(=O)n(-c3ccccc3)n1CC(=O)Nc1cc(OC)c(OC)c(OC)c1)C2. The van der Waals surface area contributed by atoms with Crippen LogP contribution in [0, 0.1) is 0 Å². The molecule has 0 atom stereocenters. The summed E-state index contributed by atoms with van der Waals surface area (Å²) in [6.45, 7) is -0.208. The third-order valence-corrected chi connectivity index (χ3v) is 6.27. The first-order valence-corrected chi connectivity index (χ1v) is 11.8. The molecule has 1 N–H and O–H groups in total. The molecule has 3 aromatic carbocycles. The van der Waals surface area contributed by atoms with Crippen LogP contribution in [0.25, 0.3) is 5.69 Å². The van der Waals surface area contributed by atoms with Gasteiger partial charge in [0.1, 0.15) is 6.54 Å². The number of hydrogen-bond acceptors (Lipinski definition) is 7. The standard InChI is InChI=1S/C28H27N3O7/c1-34-21-12-8-9-17-13-20-27(33)31(19-10-6-5-7-11-19)30(28(20)38-25(17)21)16-24(32)29-18-14-22(35-2)26(37-4)23(15-18)36-3/h5-12,14-15H,13,16H2,1-4H3,(H,29,32). The molecule has 196 valence electrons. The summed E-state index contributed by atoms with van der Waals surface area (Å²) in [7, 11) is 6.05. The summed E-state index contributed by atoms with van der Waals surface area (Å²) in [4.78, 5) is 27.0. The number of carbonyl (C=O) groups excluding carboxylic acids is 1. The Balaban J connectivity index is 1.55. The van der Waals surface area contributed by atoms with Crippen molar-refractivity contribution in [2.75, 3.05) is 33.8 Å². The number of fused-ring (bicyclic) bond motifs is 2. The Labute approximate surface area is 218 Å². The van der Waals surface area contributed by atoms with E-state index in [0.717, 1.165) is 5.56 Å². The van der Waals surface area contributed by atoms with Crippen LogP contribution in [0.15, 0.2) is 65.5 Å². The molecular formula is C28H27N3O7. The van der Waals surface area contributed by atoms with E-state index in [1.807, 2.05) is 30.3 Å². The number of methoxy groups -OCH3 is 4. The van der Waals surface area contributed by atoms with Crippen molar-refractivity contribution in [3.05, 3.63) is 82.1 Å². The molecule has 0 saturated heterocycles. The lowest BCUT2D eigenvalue weighted by Crippen LogP contribution is -2.27. The Morgan fingerprint density at radius 2 is 1.58 bits per heavy atom. The van der Waals surface area contributed by atoms with Crippen LogP contribution in [0.5, 0.6) is 34.6 Å². The summed E-state index contributed by atoms with van der Waals surface area (Å²) in [5.41, 5.74) is 2.06. The number of nitrogens with one attached hydrogen (secondary N) is 1. The minimum Gasteiger partial charge on any atom is -0.493 e. The van der Waals surface area contributed by atoms with Crippen molar-refractivity contribution in [1.29, 1.82) is 0 Å². The highest BCUT2D eigenvalue weighted by Gasteiger charge is 2.31. The number of nitrogens with zero attached hydrogens (tertiary/aromatic N) is 2. The number of aromatic nitrogens is 2. The fourth-order valence-electron chi connectivity index (χ4n) is 4.56. The molecule has 0 saturated carbocycles. The topological polar surface area (TPSA) is 102 Å². The van der Waals surface area contributed by atoms with Gasteiger partial charge in [-0.2, -0.15) is 0 Å². The van der Waals surface area contributed by atoms with E-state index < -0.39 is 5.91 Å². The lowest BCUT2D eigenvalue weighted by Gasteiger charge is -2.21. The van der Waals surface area contributed by atoms with Crippen LogP contribution in [0.4, 0.5) is 5.69 Å². The zero-order valence-electron chi connectivity index (χ0n) is 21.4. The van der Waals surface area contributed by atoms with E-state index in [2.05, 4.69) is 5.32 Å². The van der Waals surface area contributed by atoms with Crippen molar-refractivity contribution in [3.63, 3.8) is 0 Å². The third-order valence-electron chi connectivity index (χ3n) is 6.27. The first-order valence-electron chi connectivity index (χ1n) is 11.8. The molecule has 0 unspecified atom stereocenters. The number of carbonyl (C=O) groups is 1. The third kappa shape index (κ3) is 4.30. The predicted octanol–water partition coefficient (Wildman–Crippen LogP) is 4.01. The van der Waals surface area contributed by atoms with Crippen molar-refractivity contribution in [3.8, 4) is 40.3 Å². The van der Waals surface area contributed by atoms with Gasteiger partial charge in [-0.3, -0.25) is 9.59 Å². The van der Waals surface area contributed by atoms with Gasteiger partial charge in [0.25, 0.3) is 5.56 Å². The average molecular weight is 518 g/mol. The molecule has 1 aliphatic rings. The van der Waals surface area contributed by atoms with Gasteiger partial charge in [-0.15, -0.1) is 0 Å². The highest BCUT2D eigenvalue weighted by Crippen LogP contribution is 2.42. The Morgan fingerprint density at radius 3 is 2.21 bits per heavy atom. The summed E-state index contributed by atoms with van der Waals surface area (Å²) in [6.07, 6.45) is 0.342. The van der Waals surface area contributed by atoms with Gasteiger partial charge in [-0.25, -0.2) is 9.36 Å². The Morgan fingerprint density at radius 1 is 0.895 bits per heavy atom. The van der Waals surface area contributed by atoms with Gasteiger partial charge >= 0.3 is 0 Å². The molecule has 2 heterocycles. The molecule has 0 aliphatic carbocycles. The maximum absolute atomic E-state index is 13.6. The second-order valence-electron chi connectivity index (χ2n) is 8.48. The van der Waals surface area contributed by atoms with E-state index in [1.54, 1.807) is 37.4 Å². The van der Waals surface area contributed by atoms with E-state index >= 15 is 0 Å². The van der Waals surface area contributed by atoms with E-state index in [0.29, 0.717) is 52.1 Å². The highest BCUT2D eigenvalue weighted by atomic mass is 16.5. The molecule has 5 rings (SSSR count). The van der Waals surface area contributed by atoms with Gasteiger partial charge in [-0.05, 0) is 18.2 Å². The Hall–Kier alpha value is -4.86. The maximum atomic E-state index is 13.6. The zero-order chi connectivity index (χ0) is 26.8. The number of ether oxygens (including phenoxy) is 5. The molecule has 1 amide bonds. The first-order chi connectivity index (χ1) is 18.5. The minimum atomic E-state index is -0.392. The molecule has 10 nitrogen and oxygen atoms in total. The van der Waals surface area contributed by atoms with Gasteiger partial charge in [0.05, 0.1) is 39.7 Å². The molecule has 0 spiro atoms. The average Bonchev–Trinajstić information content (AvgIpc) is 3.21. The number of hydrogen-bond donors (Lipinski definition) is 1. The largest absolute Gasteiger partial charge is 0.493 e. The molecular weight excluding hydrogens is 490 g/mol. The molecule has 0 fully saturated rings. The van der Waals surface area contributed by atoms with Crippen LogP contribution in [-0.2, 0) is 17.8 Å². The summed E-state index contributed by atoms with van der Waals surface area (Å²) >= 11 is 0. The normalized spacial score (nSPS) is 11.6. The predicted molar refractivity (Wildman–Crippen MR) is 141 cm³/mol. The number of para-hydroxylation sites is 2. The van der Waals surface area contributed by atoms with Crippen molar-refractivity contribution in [2.24, 2.45) is 0 Å². The lowest BCUT2D eigenvalue weighted by atomic mass is 10.0. The van der Waals surface area contributed by atoms with Gasteiger partial charge < -0.3 is 29.0 Å². The summed E-state index contributed by atoms with van der Waals surface area (Å²) in [5, 5.41) is 2.86. The molecule has 1 aliphatic heterocycles. The fraction of sp³-hybridized carbons (Fsp3) is 0.214. The fourth-order valence-corrected chi connectivity index (χ4v) is 4.56. The van der Waals surface area contributed by atoms with Crippen LogP contribution < -0.4 is 34.6 Å². The van der Waals surface area contributed by atoms with Gasteiger partial charge in [0.2, 0.25) is 17.5 Å².